The zero-order valence-electron chi connectivity index (χ0n) is 12.6. The van der Waals surface area contributed by atoms with Crippen molar-refractivity contribution in [2.75, 3.05) is 6.61 Å². The van der Waals surface area contributed by atoms with Crippen molar-refractivity contribution < 1.29 is 24.1 Å². The van der Waals surface area contributed by atoms with Crippen molar-refractivity contribution in [3.63, 3.8) is 0 Å². The second kappa shape index (κ2) is 7.03. The van der Waals surface area contributed by atoms with Gasteiger partial charge in [0.1, 0.15) is 0 Å². The second-order valence-electron chi connectivity index (χ2n) is 4.87. The van der Waals surface area contributed by atoms with Gasteiger partial charge in [-0.25, -0.2) is 4.79 Å². The molecule has 0 amide bonds. The summed E-state index contributed by atoms with van der Waals surface area (Å²) in [5, 5.41) is 9.17. The van der Waals surface area contributed by atoms with Crippen molar-refractivity contribution in [1.82, 2.24) is 0 Å². The van der Waals surface area contributed by atoms with Crippen molar-refractivity contribution in [3.05, 3.63) is 17.7 Å². The van der Waals surface area contributed by atoms with Crippen LogP contribution in [0.15, 0.2) is 12.1 Å². The number of aromatic carboxylic acids is 1. The van der Waals surface area contributed by atoms with Gasteiger partial charge in [0.25, 0.3) is 0 Å². The third kappa shape index (κ3) is 4.33. The Labute approximate surface area is 119 Å². The van der Waals surface area contributed by atoms with Gasteiger partial charge in [0, 0.05) is 0 Å². The molecule has 0 saturated carbocycles. The van der Waals surface area contributed by atoms with E-state index in [-0.39, 0.29) is 17.8 Å². The molecule has 0 spiro atoms. The maximum atomic E-state index is 11.2. The van der Waals surface area contributed by atoms with Gasteiger partial charge in [0.15, 0.2) is 11.5 Å². The summed E-state index contributed by atoms with van der Waals surface area (Å²) in [6, 6.07) is 2.92. The fourth-order valence-corrected chi connectivity index (χ4v) is 1.67. The van der Waals surface area contributed by atoms with Crippen LogP contribution in [0.5, 0.6) is 17.2 Å². The van der Waals surface area contributed by atoms with Crippen LogP contribution < -0.4 is 14.2 Å². The third-order valence-electron chi connectivity index (χ3n) is 2.28. The highest BCUT2D eigenvalue weighted by Crippen LogP contribution is 2.40. The zero-order chi connectivity index (χ0) is 15.3. The number of hydrogen-bond acceptors (Lipinski definition) is 4. The van der Waals surface area contributed by atoms with Crippen LogP contribution in [0.25, 0.3) is 0 Å². The SMILES string of the molecule is CCOc1c(OC(C)C)cc(C(=O)O)cc1OC(C)C. The topological polar surface area (TPSA) is 65.0 Å². The summed E-state index contributed by atoms with van der Waals surface area (Å²) in [4.78, 5) is 11.2. The highest BCUT2D eigenvalue weighted by Gasteiger charge is 2.19. The van der Waals surface area contributed by atoms with E-state index in [1.54, 1.807) is 0 Å². The highest BCUT2D eigenvalue weighted by atomic mass is 16.5. The van der Waals surface area contributed by atoms with Crippen LogP contribution in [-0.2, 0) is 0 Å². The Morgan fingerprint density at radius 3 is 1.85 bits per heavy atom. The summed E-state index contributed by atoms with van der Waals surface area (Å²) in [6.45, 7) is 9.76. The van der Waals surface area contributed by atoms with Gasteiger partial charge in [-0.15, -0.1) is 0 Å². The highest BCUT2D eigenvalue weighted by molar-refractivity contribution is 5.89. The molecule has 0 aliphatic heterocycles. The first-order valence-corrected chi connectivity index (χ1v) is 6.72. The van der Waals surface area contributed by atoms with Gasteiger partial charge in [-0.2, -0.15) is 0 Å². The molecule has 1 N–H and O–H groups in total. The number of rotatable bonds is 7. The molecule has 5 heteroatoms. The van der Waals surface area contributed by atoms with Crippen molar-refractivity contribution in [2.24, 2.45) is 0 Å². The number of benzene rings is 1. The minimum absolute atomic E-state index is 0.0925. The Morgan fingerprint density at radius 1 is 1.10 bits per heavy atom. The maximum Gasteiger partial charge on any atom is 0.335 e. The van der Waals surface area contributed by atoms with E-state index < -0.39 is 5.97 Å². The predicted molar refractivity (Wildman–Crippen MR) is 76.1 cm³/mol. The fraction of sp³-hybridized carbons (Fsp3) is 0.533. The van der Waals surface area contributed by atoms with Crippen molar-refractivity contribution in [1.29, 1.82) is 0 Å². The molecule has 1 aromatic rings. The van der Waals surface area contributed by atoms with Crippen LogP contribution in [0.2, 0.25) is 0 Å². The normalized spacial score (nSPS) is 10.8. The van der Waals surface area contributed by atoms with Crippen LogP contribution in [0, 0.1) is 0 Å². The Morgan fingerprint density at radius 2 is 1.55 bits per heavy atom. The third-order valence-corrected chi connectivity index (χ3v) is 2.28. The summed E-state index contributed by atoms with van der Waals surface area (Å²) in [5.41, 5.74) is 0.111. The van der Waals surface area contributed by atoms with Crippen molar-refractivity contribution in [2.45, 2.75) is 46.8 Å². The van der Waals surface area contributed by atoms with E-state index >= 15 is 0 Å². The first-order valence-electron chi connectivity index (χ1n) is 6.72. The van der Waals surface area contributed by atoms with Gasteiger partial charge in [-0.1, -0.05) is 0 Å². The van der Waals surface area contributed by atoms with Gasteiger partial charge in [-0.3, -0.25) is 0 Å². The van der Waals surface area contributed by atoms with E-state index in [4.69, 9.17) is 14.2 Å². The minimum Gasteiger partial charge on any atom is -0.487 e. The first kappa shape index (κ1) is 16.1. The predicted octanol–water partition coefficient (Wildman–Crippen LogP) is 3.36. The van der Waals surface area contributed by atoms with Gasteiger partial charge >= 0.3 is 5.97 Å². The largest absolute Gasteiger partial charge is 0.487 e. The molecule has 0 heterocycles. The summed E-state index contributed by atoms with van der Waals surface area (Å²) in [5.74, 6) is 0.185. The summed E-state index contributed by atoms with van der Waals surface area (Å²) in [6.07, 6.45) is -0.185. The van der Waals surface area contributed by atoms with Crippen LogP contribution in [0.3, 0.4) is 0 Å². The molecule has 0 bridgehead atoms. The lowest BCUT2D eigenvalue weighted by atomic mass is 10.1. The maximum absolute atomic E-state index is 11.2. The van der Waals surface area contributed by atoms with E-state index in [0.29, 0.717) is 23.9 Å². The Hall–Kier alpha value is -1.91. The number of ether oxygens (including phenoxy) is 3. The zero-order valence-corrected chi connectivity index (χ0v) is 12.6. The quantitative estimate of drug-likeness (QED) is 0.830. The molecule has 0 aliphatic carbocycles. The van der Waals surface area contributed by atoms with E-state index in [2.05, 4.69) is 0 Å². The molecule has 1 rings (SSSR count). The number of carbonyl (C=O) groups is 1. The van der Waals surface area contributed by atoms with Gasteiger partial charge in [0.2, 0.25) is 5.75 Å². The Bertz CT molecular complexity index is 434. The molecule has 112 valence electrons. The molecule has 0 unspecified atom stereocenters. The Kier molecular flexibility index (Phi) is 5.67. The fourth-order valence-electron chi connectivity index (χ4n) is 1.67. The van der Waals surface area contributed by atoms with Crippen LogP contribution in [-0.4, -0.2) is 29.9 Å². The molecular formula is C15H22O5. The lowest BCUT2D eigenvalue weighted by Gasteiger charge is -2.20. The summed E-state index contributed by atoms with van der Waals surface area (Å²) < 4.78 is 16.8. The number of carboxylic acids is 1. The summed E-state index contributed by atoms with van der Waals surface area (Å²) >= 11 is 0. The standard InChI is InChI=1S/C15H22O5/c1-6-18-14-12(19-9(2)3)7-11(15(16)17)8-13(14)20-10(4)5/h7-10H,6H2,1-5H3,(H,16,17). The summed E-state index contributed by atoms with van der Waals surface area (Å²) in [7, 11) is 0. The molecule has 20 heavy (non-hydrogen) atoms. The van der Waals surface area contributed by atoms with Gasteiger partial charge in [0.05, 0.1) is 24.4 Å². The van der Waals surface area contributed by atoms with Gasteiger partial charge < -0.3 is 19.3 Å². The average Bonchev–Trinajstić information content (AvgIpc) is 2.31. The molecule has 0 saturated heterocycles. The first-order chi connectivity index (χ1) is 9.35. The monoisotopic (exact) mass is 282 g/mol. The number of hydrogen-bond donors (Lipinski definition) is 1. The number of carboxylic acid groups (broad SMARTS) is 1. The molecular weight excluding hydrogens is 260 g/mol. The molecule has 0 radical (unpaired) electrons. The molecule has 1 aromatic carbocycles. The minimum atomic E-state index is -1.03. The van der Waals surface area contributed by atoms with Crippen LogP contribution >= 0.6 is 0 Å². The Balaban J connectivity index is 3.35. The lowest BCUT2D eigenvalue weighted by molar-refractivity contribution is 0.0695. The van der Waals surface area contributed by atoms with Gasteiger partial charge in [-0.05, 0) is 46.8 Å². The molecule has 5 nitrogen and oxygen atoms in total. The average molecular weight is 282 g/mol. The van der Waals surface area contributed by atoms with E-state index in [1.165, 1.54) is 12.1 Å². The smallest absolute Gasteiger partial charge is 0.335 e. The molecule has 0 aliphatic rings. The van der Waals surface area contributed by atoms with Crippen molar-refractivity contribution in [3.8, 4) is 17.2 Å². The molecule has 0 aromatic heterocycles. The molecule has 0 fully saturated rings. The second-order valence-corrected chi connectivity index (χ2v) is 4.87. The van der Waals surface area contributed by atoms with Crippen LogP contribution in [0.1, 0.15) is 45.0 Å². The lowest BCUT2D eigenvalue weighted by Crippen LogP contribution is -2.12. The van der Waals surface area contributed by atoms with Crippen LogP contribution in [0.4, 0.5) is 0 Å². The van der Waals surface area contributed by atoms with E-state index in [9.17, 15) is 9.90 Å². The van der Waals surface area contributed by atoms with Crippen molar-refractivity contribution >= 4 is 5.97 Å². The molecule has 0 atom stereocenters. The van der Waals surface area contributed by atoms with E-state index in [0.717, 1.165) is 0 Å². The van der Waals surface area contributed by atoms with E-state index in [1.807, 2.05) is 34.6 Å².